The van der Waals surface area contributed by atoms with Gasteiger partial charge in [-0.1, -0.05) is 84.9 Å². The molecule has 10 heteroatoms. The molecular weight excluding hydrogens is 644 g/mol. The third kappa shape index (κ3) is 7.57. The van der Waals surface area contributed by atoms with Gasteiger partial charge < -0.3 is 34.3 Å². The summed E-state index contributed by atoms with van der Waals surface area (Å²) in [4.78, 5) is 24.3. The van der Waals surface area contributed by atoms with Crippen LogP contribution in [0.5, 0.6) is 0 Å². The third-order valence-corrected chi connectivity index (χ3v) is 10.1. The van der Waals surface area contributed by atoms with Crippen molar-refractivity contribution in [2.24, 2.45) is 0 Å². The molecule has 2 N–H and O–H groups in total. The van der Waals surface area contributed by atoms with E-state index in [-0.39, 0.29) is 30.4 Å². The van der Waals surface area contributed by atoms with E-state index in [9.17, 15) is 9.90 Å². The predicted molar refractivity (Wildman–Crippen MR) is 191 cm³/mol. The van der Waals surface area contributed by atoms with Crippen molar-refractivity contribution in [3.05, 3.63) is 131 Å². The highest BCUT2D eigenvalue weighted by Crippen LogP contribution is 2.40. The average molecular weight is 687 g/mol. The summed E-state index contributed by atoms with van der Waals surface area (Å²) in [6.07, 6.45) is 3.21. The smallest absolute Gasteiger partial charge is 0.271 e. The van der Waals surface area contributed by atoms with Crippen LogP contribution >= 0.6 is 0 Å². The van der Waals surface area contributed by atoms with Gasteiger partial charge in [0.15, 0.2) is 12.1 Å². The first-order valence-electron chi connectivity index (χ1n) is 17.7. The summed E-state index contributed by atoms with van der Waals surface area (Å²) in [5.74, 6) is -0.686. The number of amides is 1. The Morgan fingerprint density at radius 1 is 0.843 bits per heavy atom. The number of aliphatic hydroxyl groups excluding tert-OH is 1. The Kier molecular flexibility index (Phi) is 9.86. The van der Waals surface area contributed by atoms with Crippen LogP contribution in [0.3, 0.4) is 0 Å². The number of likely N-dealkylation sites (tertiary alicyclic amines) is 1. The molecule has 1 aromatic heterocycles. The number of rotatable bonds is 9. The van der Waals surface area contributed by atoms with E-state index in [4.69, 9.17) is 18.9 Å². The summed E-state index contributed by atoms with van der Waals surface area (Å²) >= 11 is 0. The van der Waals surface area contributed by atoms with Gasteiger partial charge in [-0.3, -0.25) is 9.78 Å². The second-order valence-electron chi connectivity index (χ2n) is 13.5. The Labute approximate surface area is 297 Å². The van der Waals surface area contributed by atoms with Gasteiger partial charge >= 0.3 is 0 Å². The van der Waals surface area contributed by atoms with Gasteiger partial charge in [-0.25, -0.2) is 4.98 Å². The summed E-state index contributed by atoms with van der Waals surface area (Å²) in [6.45, 7) is 4.27. The van der Waals surface area contributed by atoms with Crippen molar-refractivity contribution in [2.45, 2.75) is 56.7 Å². The van der Waals surface area contributed by atoms with Crippen molar-refractivity contribution in [3.8, 4) is 11.1 Å². The lowest BCUT2D eigenvalue weighted by molar-refractivity contribution is -0.255. The van der Waals surface area contributed by atoms with Crippen molar-refractivity contribution in [1.29, 1.82) is 0 Å². The van der Waals surface area contributed by atoms with Gasteiger partial charge in [-0.05, 0) is 39.9 Å². The molecule has 1 amide bonds. The minimum atomic E-state index is -0.546. The quantitative estimate of drug-likeness (QED) is 0.190. The van der Waals surface area contributed by atoms with Gasteiger partial charge in [0, 0.05) is 51.0 Å². The topological polar surface area (TPSA) is 115 Å². The van der Waals surface area contributed by atoms with E-state index in [1.165, 1.54) is 6.20 Å². The van der Waals surface area contributed by atoms with E-state index in [1.54, 1.807) is 0 Å². The number of nitrogens with one attached hydrogen (secondary N) is 1. The van der Waals surface area contributed by atoms with E-state index in [0.717, 1.165) is 77.8 Å². The van der Waals surface area contributed by atoms with Crippen molar-refractivity contribution >= 4 is 16.9 Å². The molecule has 4 aromatic carbocycles. The molecule has 3 saturated heterocycles. The number of piperidine rings is 1. The average Bonchev–Trinajstić information content (AvgIpc) is 3.65. The monoisotopic (exact) mass is 686 g/mol. The maximum atomic E-state index is 13.0. The normalized spacial score (nSPS) is 21.9. The van der Waals surface area contributed by atoms with E-state index in [1.807, 2.05) is 66.7 Å². The summed E-state index contributed by atoms with van der Waals surface area (Å²) in [7, 11) is 0. The molecule has 3 aliphatic heterocycles. The highest BCUT2D eigenvalue weighted by atomic mass is 16.7. The highest BCUT2D eigenvalue weighted by Gasteiger charge is 2.41. The Hall–Kier alpha value is -4.55. The molecule has 262 valence electrons. The standard InChI is InChI=1S/C41H42N4O6/c46-27-28-9-11-30(12-10-28)38-23-33(26-45-19-17-41(18-20-45)48-21-22-49-41)50-40(51-38)31-15-13-29(14-16-31)34-6-2-1-5-32(34)24-43-39(47)37-25-42-35-7-3-4-8-36(35)44-37/h1-16,25,33,38,40,46H,17-24,26-27H2,(H,43,47)/t33-,38+,40+/m0/s1. The van der Waals surface area contributed by atoms with Gasteiger partial charge in [0.25, 0.3) is 5.91 Å². The number of fused-ring (bicyclic) bond motifs is 1. The molecule has 3 fully saturated rings. The number of carbonyl (C=O) groups excluding carboxylic acids is 1. The van der Waals surface area contributed by atoms with E-state index >= 15 is 0 Å². The summed E-state index contributed by atoms with van der Waals surface area (Å²) in [5, 5.41) is 12.6. The van der Waals surface area contributed by atoms with Crippen LogP contribution in [0.4, 0.5) is 0 Å². The van der Waals surface area contributed by atoms with E-state index in [0.29, 0.717) is 25.3 Å². The lowest BCUT2D eigenvalue weighted by Gasteiger charge is -2.41. The highest BCUT2D eigenvalue weighted by molar-refractivity contribution is 5.93. The van der Waals surface area contributed by atoms with Crippen molar-refractivity contribution in [3.63, 3.8) is 0 Å². The number of aromatic nitrogens is 2. The first kappa shape index (κ1) is 33.6. The maximum Gasteiger partial charge on any atom is 0.271 e. The second kappa shape index (κ2) is 15.0. The molecule has 0 radical (unpaired) electrons. The molecule has 3 aliphatic rings. The van der Waals surface area contributed by atoms with Gasteiger partial charge in [0.2, 0.25) is 0 Å². The lowest BCUT2D eigenvalue weighted by Crippen LogP contribution is -2.48. The molecule has 0 unspecified atom stereocenters. The van der Waals surface area contributed by atoms with Gasteiger partial charge in [0.1, 0.15) is 5.69 Å². The fourth-order valence-corrected chi connectivity index (χ4v) is 7.29. The second-order valence-corrected chi connectivity index (χ2v) is 13.5. The van der Waals surface area contributed by atoms with Gasteiger partial charge in [-0.2, -0.15) is 0 Å². The minimum Gasteiger partial charge on any atom is -0.392 e. The zero-order chi connectivity index (χ0) is 34.6. The van der Waals surface area contributed by atoms with Crippen LogP contribution < -0.4 is 5.32 Å². The van der Waals surface area contributed by atoms with Crippen LogP contribution in [-0.2, 0) is 32.1 Å². The fraction of sp³-hybridized carbons (Fsp3) is 0.341. The zero-order valence-electron chi connectivity index (χ0n) is 28.4. The molecule has 3 atom stereocenters. The molecule has 10 nitrogen and oxygen atoms in total. The molecule has 5 aromatic rings. The molecule has 0 saturated carbocycles. The third-order valence-electron chi connectivity index (χ3n) is 10.1. The first-order valence-corrected chi connectivity index (χ1v) is 17.7. The number of nitrogens with zero attached hydrogens (tertiary/aromatic N) is 3. The lowest BCUT2D eigenvalue weighted by atomic mass is 9.97. The van der Waals surface area contributed by atoms with Gasteiger partial charge in [-0.15, -0.1) is 0 Å². The van der Waals surface area contributed by atoms with Crippen LogP contribution in [0.15, 0.2) is 103 Å². The Balaban J connectivity index is 0.967. The minimum absolute atomic E-state index is 0.00499. The number of hydrogen-bond donors (Lipinski definition) is 2. The van der Waals surface area contributed by atoms with Crippen LogP contribution in [0.2, 0.25) is 0 Å². The molecule has 4 heterocycles. The predicted octanol–water partition coefficient (Wildman–Crippen LogP) is 6.10. The number of hydrogen-bond acceptors (Lipinski definition) is 9. The Bertz CT molecular complexity index is 1950. The first-order chi connectivity index (χ1) is 25.0. The van der Waals surface area contributed by atoms with Gasteiger partial charge in [0.05, 0.1) is 49.3 Å². The Morgan fingerprint density at radius 3 is 2.31 bits per heavy atom. The van der Waals surface area contributed by atoms with E-state index in [2.05, 4.69) is 50.5 Å². The molecule has 51 heavy (non-hydrogen) atoms. The van der Waals surface area contributed by atoms with Crippen molar-refractivity contribution in [2.75, 3.05) is 32.8 Å². The summed E-state index contributed by atoms with van der Waals surface area (Å²) in [6, 6.07) is 31.8. The number of aliphatic hydroxyl groups is 1. The molecular formula is C41H42N4O6. The van der Waals surface area contributed by atoms with Crippen LogP contribution in [0.25, 0.3) is 22.2 Å². The SMILES string of the molecule is O=C(NCc1ccccc1-c1ccc([C@@H]2O[C@H](CN3CCC4(CC3)OCCO4)C[C@H](c3ccc(CO)cc3)O2)cc1)c1cnc2ccccc2n1. The molecule has 0 aliphatic carbocycles. The largest absolute Gasteiger partial charge is 0.392 e. The molecule has 1 spiro atoms. The van der Waals surface area contributed by atoms with Crippen LogP contribution in [0.1, 0.15) is 64.4 Å². The van der Waals surface area contributed by atoms with Crippen molar-refractivity contribution < 1.29 is 28.8 Å². The Morgan fingerprint density at radius 2 is 1.55 bits per heavy atom. The molecule has 8 rings (SSSR count). The summed E-state index contributed by atoms with van der Waals surface area (Å²) < 4.78 is 25.2. The van der Waals surface area contributed by atoms with Crippen LogP contribution in [-0.4, -0.2) is 70.6 Å². The molecule has 0 bridgehead atoms. The number of carbonyl (C=O) groups is 1. The number of benzene rings is 4. The van der Waals surface area contributed by atoms with Crippen LogP contribution in [0, 0.1) is 0 Å². The maximum absolute atomic E-state index is 13.0. The van der Waals surface area contributed by atoms with Crippen molar-refractivity contribution in [1.82, 2.24) is 20.2 Å². The summed E-state index contributed by atoms with van der Waals surface area (Å²) in [5.41, 5.74) is 7.63. The fourth-order valence-electron chi connectivity index (χ4n) is 7.29. The zero-order valence-corrected chi connectivity index (χ0v) is 28.4. The number of ether oxygens (including phenoxy) is 4. The van der Waals surface area contributed by atoms with E-state index < -0.39 is 12.1 Å². The number of para-hydroxylation sites is 2.